The molecule has 0 aromatic carbocycles. The first-order valence-electron chi connectivity index (χ1n) is 8.29. The predicted molar refractivity (Wildman–Crippen MR) is 88.9 cm³/mol. The molecule has 1 saturated heterocycles. The molecule has 7 heteroatoms. The van der Waals surface area contributed by atoms with Crippen LogP contribution in [0.5, 0.6) is 0 Å². The molecule has 3 aromatic rings. The highest BCUT2D eigenvalue weighted by Crippen LogP contribution is 2.20. The second-order valence-electron chi connectivity index (χ2n) is 6.63. The van der Waals surface area contributed by atoms with Gasteiger partial charge in [-0.25, -0.2) is 4.68 Å². The van der Waals surface area contributed by atoms with E-state index in [-0.39, 0.29) is 18.0 Å². The van der Waals surface area contributed by atoms with Crippen LogP contribution in [0.1, 0.15) is 25.6 Å². The fraction of sp³-hybridized carbons (Fsp3) is 0.471. The summed E-state index contributed by atoms with van der Waals surface area (Å²) in [4.78, 5) is 27.1. The highest BCUT2D eigenvalue weighted by Gasteiger charge is 2.22. The van der Waals surface area contributed by atoms with Gasteiger partial charge in [0.2, 0.25) is 5.91 Å². The summed E-state index contributed by atoms with van der Waals surface area (Å²) in [6.45, 7) is 5.47. The third kappa shape index (κ3) is 2.31. The maximum atomic E-state index is 12.7. The van der Waals surface area contributed by atoms with E-state index in [0.29, 0.717) is 22.8 Å². The van der Waals surface area contributed by atoms with Crippen molar-refractivity contribution in [2.75, 3.05) is 13.1 Å². The predicted octanol–water partition coefficient (Wildman–Crippen LogP) is 1.81. The van der Waals surface area contributed by atoms with E-state index in [2.05, 4.69) is 12.0 Å². The van der Waals surface area contributed by atoms with E-state index in [0.717, 1.165) is 31.4 Å². The Morgan fingerprint density at radius 1 is 1.42 bits per heavy atom. The lowest BCUT2D eigenvalue weighted by atomic mass is 10.0. The van der Waals surface area contributed by atoms with Gasteiger partial charge in [-0.3, -0.25) is 14.0 Å². The van der Waals surface area contributed by atoms with Gasteiger partial charge in [0.15, 0.2) is 5.58 Å². The zero-order valence-electron chi connectivity index (χ0n) is 13.9. The lowest BCUT2D eigenvalue weighted by molar-refractivity contribution is -0.133. The van der Waals surface area contributed by atoms with Gasteiger partial charge in [-0.1, -0.05) is 6.92 Å². The summed E-state index contributed by atoms with van der Waals surface area (Å²) in [5, 5.41) is 4.33. The maximum absolute atomic E-state index is 12.7. The Balaban J connectivity index is 1.70. The van der Waals surface area contributed by atoms with Gasteiger partial charge in [-0.15, -0.1) is 0 Å². The van der Waals surface area contributed by atoms with Crippen molar-refractivity contribution in [1.29, 1.82) is 0 Å². The van der Waals surface area contributed by atoms with Gasteiger partial charge in [0, 0.05) is 25.2 Å². The van der Waals surface area contributed by atoms with Crippen LogP contribution < -0.4 is 5.56 Å². The molecule has 126 valence electrons. The zero-order chi connectivity index (χ0) is 16.8. The van der Waals surface area contributed by atoms with Crippen molar-refractivity contribution in [3.63, 3.8) is 0 Å². The molecule has 24 heavy (non-hydrogen) atoms. The number of aromatic nitrogens is 3. The summed E-state index contributed by atoms with van der Waals surface area (Å²) in [6, 6.07) is 3.51. The fourth-order valence-electron chi connectivity index (χ4n) is 3.58. The number of nitrogens with zero attached hydrogens (tertiary/aromatic N) is 4. The number of amides is 1. The molecule has 0 bridgehead atoms. The summed E-state index contributed by atoms with van der Waals surface area (Å²) in [5.41, 5.74) is 1.67. The quantitative estimate of drug-likeness (QED) is 0.719. The molecular weight excluding hydrogens is 308 g/mol. The van der Waals surface area contributed by atoms with Crippen molar-refractivity contribution >= 4 is 22.5 Å². The van der Waals surface area contributed by atoms with Crippen LogP contribution >= 0.6 is 0 Å². The van der Waals surface area contributed by atoms with Gasteiger partial charge < -0.3 is 9.32 Å². The third-order valence-electron chi connectivity index (χ3n) is 4.76. The van der Waals surface area contributed by atoms with Crippen LogP contribution in [-0.4, -0.2) is 38.1 Å². The molecule has 0 spiro atoms. The second-order valence-corrected chi connectivity index (χ2v) is 6.63. The van der Waals surface area contributed by atoms with Crippen molar-refractivity contribution in [2.45, 2.75) is 33.2 Å². The summed E-state index contributed by atoms with van der Waals surface area (Å²) < 4.78 is 8.41. The Morgan fingerprint density at radius 3 is 3.04 bits per heavy atom. The molecule has 0 radical (unpaired) electrons. The Hall–Kier alpha value is -2.57. The smallest absolute Gasteiger partial charge is 0.291 e. The monoisotopic (exact) mass is 328 g/mol. The average molecular weight is 328 g/mol. The van der Waals surface area contributed by atoms with Crippen molar-refractivity contribution in [3.8, 4) is 0 Å². The van der Waals surface area contributed by atoms with E-state index in [1.807, 2.05) is 11.8 Å². The molecule has 1 atom stereocenters. The number of likely N-dealkylation sites (tertiary alicyclic amines) is 1. The number of hydrogen-bond acceptors (Lipinski definition) is 4. The number of hydrogen-bond donors (Lipinski definition) is 0. The molecule has 1 amide bonds. The van der Waals surface area contributed by atoms with E-state index < -0.39 is 0 Å². The topological polar surface area (TPSA) is 72.8 Å². The van der Waals surface area contributed by atoms with Crippen LogP contribution in [-0.2, 0) is 11.3 Å². The first-order chi connectivity index (χ1) is 11.5. The molecule has 1 aliphatic rings. The minimum atomic E-state index is -0.273. The van der Waals surface area contributed by atoms with E-state index in [1.54, 1.807) is 22.8 Å². The number of carbonyl (C=O) groups excluding carboxylic acids is 1. The van der Waals surface area contributed by atoms with Gasteiger partial charge in [0.05, 0.1) is 11.8 Å². The largest absolute Gasteiger partial charge is 0.463 e. The molecule has 1 fully saturated rings. The highest BCUT2D eigenvalue weighted by molar-refractivity contribution is 5.82. The average Bonchev–Trinajstić information content (AvgIpc) is 3.13. The third-order valence-corrected chi connectivity index (χ3v) is 4.76. The van der Waals surface area contributed by atoms with Crippen LogP contribution in [0.3, 0.4) is 0 Å². The van der Waals surface area contributed by atoms with Crippen molar-refractivity contribution in [1.82, 2.24) is 19.1 Å². The van der Waals surface area contributed by atoms with Crippen molar-refractivity contribution in [2.24, 2.45) is 5.92 Å². The number of aryl methyl sites for hydroxylation is 1. The number of fused-ring (bicyclic) bond motifs is 3. The first kappa shape index (κ1) is 15.0. The second kappa shape index (κ2) is 5.51. The lowest BCUT2D eigenvalue weighted by Gasteiger charge is -2.31. The maximum Gasteiger partial charge on any atom is 0.291 e. The number of furan rings is 1. The molecule has 4 heterocycles. The van der Waals surface area contributed by atoms with Gasteiger partial charge in [-0.2, -0.15) is 5.10 Å². The van der Waals surface area contributed by atoms with Crippen molar-refractivity contribution in [3.05, 3.63) is 34.6 Å². The van der Waals surface area contributed by atoms with Crippen LogP contribution in [0.15, 0.2) is 27.6 Å². The van der Waals surface area contributed by atoms with Crippen LogP contribution in [0.4, 0.5) is 0 Å². The fourth-order valence-corrected chi connectivity index (χ4v) is 3.58. The molecule has 7 nitrogen and oxygen atoms in total. The van der Waals surface area contributed by atoms with Gasteiger partial charge in [0.1, 0.15) is 17.9 Å². The first-order valence-corrected chi connectivity index (χ1v) is 8.29. The molecule has 0 saturated carbocycles. The summed E-state index contributed by atoms with van der Waals surface area (Å²) in [7, 11) is 0. The normalized spacial score (nSPS) is 18.6. The van der Waals surface area contributed by atoms with E-state index in [1.165, 1.54) is 4.68 Å². The molecule has 1 aliphatic heterocycles. The summed E-state index contributed by atoms with van der Waals surface area (Å²) >= 11 is 0. The van der Waals surface area contributed by atoms with E-state index in [9.17, 15) is 9.59 Å². The van der Waals surface area contributed by atoms with Gasteiger partial charge in [0.25, 0.3) is 5.56 Å². The minimum Gasteiger partial charge on any atom is -0.463 e. The Bertz CT molecular complexity index is 981. The number of carbonyl (C=O) groups is 1. The molecule has 4 rings (SSSR count). The van der Waals surface area contributed by atoms with E-state index in [4.69, 9.17) is 4.42 Å². The standard InChI is InChI=1S/C17H20N4O3/c1-11-4-3-6-19(9-11)16(22)10-20-17(23)14-8-15-13(5-7-24-15)21(14)12(2)18-20/h5,7-8,11H,3-4,6,9-10H2,1-2H3/t11-/m1/s1. The molecule has 0 aliphatic carbocycles. The SMILES string of the molecule is Cc1nn(CC(=O)N2CCC[C@@H](C)C2)c(=O)c2cc3occc3n12. The van der Waals surface area contributed by atoms with Crippen molar-refractivity contribution < 1.29 is 9.21 Å². The number of piperidine rings is 1. The number of rotatable bonds is 2. The van der Waals surface area contributed by atoms with Crippen LogP contribution in [0, 0.1) is 12.8 Å². The van der Waals surface area contributed by atoms with Gasteiger partial charge >= 0.3 is 0 Å². The van der Waals surface area contributed by atoms with Gasteiger partial charge in [-0.05, 0) is 25.7 Å². The van der Waals surface area contributed by atoms with Crippen LogP contribution in [0.25, 0.3) is 16.6 Å². The minimum absolute atomic E-state index is 0.0184. The lowest BCUT2D eigenvalue weighted by Crippen LogP contribution is -2.42. The van der Waals surface area contributed by atoms with Crippen LogP contribution in [0.2, 0.25) is 0 Å². The highest BCUT2D eigenvalue weighted by atomic mass is 16.3. The molecule has 3 aromatic heterocycles. The van der Waals surface area contributed by atoms with E-state index >= 15 is 0 Å². The Kier molecular flexibility index (Phi) is 3.44. The molecule has 0 unspecified atom stereocenters. The Labute approximate surface area is 138 Å². The molecule has 0 N–H and O–H groups in total. The summed E-state index contributed by atoms with van der Waals surface area (Å²) in [6.07, 6.45) is 3.75. The summed E-state index contributed by atoms with van der Waals surface area (Å²) in [5.74, 6) is 1.12. The zero-order valence-corrected chi connectivity index (χ0v) is 13.9. The Morgan fingerprint density at radius 2 is 2.25 bits per heavy atom. The molecular formula is C17H20N4O3.